The van der Waals surface area contributed by atoms with Crippen LogP contribution in [0.1, 0.15) is 10.4 Å². The number of halogens is 1. The number of hydrogen-bond donors (Lipinski definition) is 1. The van der Waals surface area contributed by atoms with Crippen LogP contribution in [0.4, 0.5) is 5.69 Å². The van der Waals surface area contributed by atoms with Gasteiger partial charge in [0.15, 0.2) is 0 Å². The maximum absolute atomic E-state index is 12.9. The van der Waals surface area contributed by atoms with Gasteiger partial charge in [0.25, 0.3) is 10.0 Å². The van der Waals surface area contributed by atoms with Crippen LogP contribution < -0.4 is 4.72 Å². The molecule has 1 N–H and O–H groups in total. The number of esters is 1. The summed E-state index contributed by atoms with van der Waals surface area (Å²) in [6.45, 7) is 0. The predicted molar refractivity (Wildman–Crippen MR) is 111 cm³/mol. The van der Waals surface area contributed by atoms with Gasteiger partial charge < -0.3 is 4.74 Å². The number of hydrogen-bond acceptors (Lipinski definition) is 5. The number of benzene rings is 3. The molecule has 5 nitrogen and oxygen atoms in total. The van der Waals surface area contributed by atoms with Gasteiger partial charge in [0.05, 0.1) is 28.3 Å². The van der Waals surface area contributed by atoms with Crippen LogP contribution in [0.25, 0.3) is 0 Å². The monoisotopic (exact) mass is 433 g/mol. The molecule has 28 heavy (non-hydrogen) atoms. The smallest absolute Gasteiger partial charge is 0.339 e. The summed E-state index contributed by atoms with van der Waals surface area (Å²) in [6, 6.07) is 20.6. The molecule has 0 bridgehead atoms. The van der Waals surface area contributed by atoms with Crippen LogP contribution in [0, 0.1) is 0 Å². The fourth-order valence-electron chi connectivity index (χ4n) is 2.40. The highest BCUT2D eigenvalue weighted by Crippen LogP contribution is 2.34. The Bertz CT molecular complexity index is 1100. The van der Waals surface area contributed by atoms with E-state index in [0.29, 0.717) is 5.69 Å². The first kappa shape index (κ1) is 20.3. The first-order valence-electron chi connectivity index (χ1n) is 8.13. The summed E-state index contributed by atoms with van der Waals surface area (Å²) < 4.78 is 33.0. The van der Waals surface area contributed by atoms with E-state index in [2.05, 4.69) is 9.46 Å². The second-order valence-electron chi connectivity index (χ2n) is 5.65. The number of anilines is 1. The van der Waals surface area contributed by atoms with Crippen molar-refractivity contribution in [1.29, 1.82) is 0 Å². The van der Waals surface area contributed by atoms with Crippen LogP contribution in [-0.4, -0.2) is 21.5 Å². The molecule has 0 aliphatic heterocycles. The van der Waals surface area contributed by atoms with E-state index in [1.165, 1.54) is 37.1 Å². The molecule has 0 aliphatic rings. The lowest BCUT2D eigenvalue weighted by molar-refractivity contribution is 0.0600. The van der Waals surface area contributed by atoms with E-state index >= 15 is 0 Å². The number of ether oxygens (including phenoxy) is 1. The molecule has 3 rings (SSSR count). The molecule has 0 aliphatic carbocycles. The zero-order valence-electron chi connectivity index (χ0n) is 14.8. The SMILES string of the molecule is COC(=O)c1cc(S(=O)(=O)Nc2ccccc2Sc2ccccc2)ccc1Cl. The van der Waals surface area contributed by atoms with E-state index in [1.807, 2.05) is 42.5 Å². The first-order valence-corrected chi connectivity index (χ1v) is 10.8. The van der Waals surface area contributed by atoms with E-state index in [4.69, 9.17) is 11.6 Å². The van der Waals surface area contributed by atoms with Gasteiger partial charge in [-0.05, 0) is 42.5 Å². The number of para-hydroxylation sites is 1. The van der Waals surface area contributed by atoms with Crippen LogP contribution in [0.15, 0.2) is 87.5 Å². The fourth-order valence-corrected chi connectivity index (χ4v) is 4.68. The molecular formula is C20H16ClNO4S2. The fraction of sp³-hybridized carbons (Fsp3) is 0.0500. The van der Waals surface area contributed by atoms with Crippen LogP contribution >= 0.6 is 23.4 Å². The average molecular weight is 434 g/mol. The van der Waals surface area contributed by atoms with Gasteiger partial charge in [-0.2, -0.15) is 0 Å². The van der Waals surface area contributed by atoms with Gasteiger partial charge in [0.2, 0.25) is 0 Å². The highest BCUT2D eigenvalue weighted by Gasteiger charge is 2.20. The summed E-state index contributed by atoms with van der Waals surface area (Å²) >= 11 is 7.42. The van der Waals surface area contributed by atoms with Crippen molar-refractivity contribution < 1.29 is 17.9 Å². The van der Waals surface area contributed by atoms with Crippen molar-refractivity contribution in [1.82, 2.24) is 0 Å². The van der Waals surface area contributed by atoms with E-state index in [1.54, 1.807) is 12.1 Å². The van der Waals surface area contributed by atoms with Crippen LogP contribution in [0.5, 0.6) is 0 Å². The Morgan fingerprint density at radius 1 is 1.00 bits per heavy atom. The van der Waals surface area contributed by atoms with Gasteiger partial charge in [-0.3, -0.25) is 4.72 Å². The number of carbonyl (C=O) groups excluding carboxylic acids is 1. The lowest BCUT2D eigenvalue weighted by atomic mass is 10.2. The zero-order chi connectivity index (χ0) is 20.1. The molecule has 0 saturated carbocycles. The number of rotatable bonds is 6. The first-order chi connectivity index (χ1) is 13.4. The molecule has 0 spiro atoms. The number of methoxy groups -OCH3 is 1. The Morgan fingerprint density at radius 2 is 1.68 bits per heavy atom. The van der Waals surface area contributed by atoms with Gasteiger partial charge >= 0.3 is 5.97 Å². The van der Waals surface area contributed by atoms with Crippen molar-refractivity contribution in [3.63, 3.8) is 0 Å². The quantitative estimate of drug-likeness (QED) is 0.549. The van der Waals surface area contributed by atoms with Crippen LogP contribution in [0.3, 0.4) is 0 Å². The van der Waals surface area contributed by atoms with Crippen molar-refractivity contribution in [2.24, 2.45) is 0 Å². The Morgan fingerprint density at radius 3 is 2.39 bits per heavy atom. The van der Waals surface area contributed by atoms with Crippen molar-refractivity contribution in [2.45, 2.75) is 14.7 Å². The Labute approximate surface area is 172 Å². The lowest BCUT2D eigenvalue weighted by Crippen LogP contribution is -2.14. The van der Waals surface area contributed by atoms with Crippen LogP contribution in [-0.2, 0) is 14.8 Å². The van der Waals surface area contributed by atoms with E-state index in [0.717, 1.165) is 9.79 Å². The van der Waals surface area contributed by atoms with Crippen molar-refractivity contribution in [3.05, 3.63) is 83.4 Å². The van der Waals surface area contributed by atoms with Crippen molar-refractivity contribution in [2.75, 3.05) is 11.8 Å². The van der Waals surface area contributed by atoms with Gasteiger partial charge in [0, 0.05) is 9.79 Å². The van der Waals surface area contributed by atoms with Gasteiger partial charge in [-0.1, -0.05) is 53.7 Å². The molecule has 0 amide bonds. The predicted octanol–water partition coefficient (Wildman–Crippen LogP) is 5.08. The highest BCUT2D eigenvalue weighted by atomic mass is 35.5. The highest BCUT2D eigenvalue weighted by molar-refractivity contribution is 7.99. The zero-order valence-corrected chi connectivity index (χ0v) is 17.1. The van der Waals surface area contributed by atoms with Crippen molar-refractivity contribution >= 4 is 45.0 Å². The van der Waals surface area contributed by atoms with E-state index < -0.39 is 16.0 Å². The molecule has 8 heteroatoms. The molecule has 0 atom stereocenters. The average Bonchev–Trinajstić information content (AvgIpc) is 2.69. The number of sulfonamides is 1. The minimum absolute atomic E-state index is 0.0148. The third kappa shape index (κ3) is 4.67. The molecule has 0 aromatic heterocycles. The standard InChI is InChI=1S/C20H16ClNO4S2/c1-26-20(23)16-13-15(11-12-17(16)21)28(24,25)22-18-9-5-6-10-19(18)27-14-7-3-2-4-8-14/h2-13,22H,1H3. The number of nitrogens with one attached hydrogen (secondary N) is 1. The molecule has 0 heterocycles. The molecule has 0 radical (unpaired) electrons. The maximum atomic E-state index is 12.9. The lowest BCUT2D eigenvalue weighted by Gasteiger charge is -2.13. The summed E-state index contributed by atoms with van der Waals surface area (Å²) in [5, 5.41) is 0.117. The normalized spacial score (nSPS) is 11.1. The Balaban J connectivity index is 1.92. The summed E-state index contributed by atoms with van der Waals surface area (Å²) in [5.74, 6) is -0.706. The summed E-state index contributed by atoms with van der Waals surface area (Å²) in [6.07, 6.45) is 0. The summed E-state index contributed by atoms with van der Waals surface area (Å²) in [7, 11) is -2.74. The molecule has 3 aromatic carbocycles. The van der Waals surface area contributed by atoms with E-state index in [-0.39, 0.29) is 15.5 Å². The summed E-state index contributed by atoms with van der Waals surface area (Å²) in [5.41, 5.74) is 0.421. The van der Waals surface area contributed by atoms with Gasteiger partial charge in [-0.15, -0.1) is 0 Å². The second kappa shape index (κ2) is 8.68. The molecule has 0 saturated heterocycles. The molecule has 0 fully saturated rings. The Hall–Kier alpha value is -2.48. The van der Waals surface area contributed by atoms with Gasteiger partial charge in [-0.25, -0.2) is 13.2 Å². The third-order valence-electron chi connectivity index (χ3n) is 3.76. The molecule has 0 unspecified atom stereocenters. The largest absolute Gasteiger partial charge is 0.465 e. The van der Waals surface area contributed by atoms with Crippen LogP contribution in [0.2, 0.25) is 5.02 Å². The molecule has 3 aromatic rings. The molecular weight excluding hydrogens is 418 g/mol. The maximum Gasteiger partial charge on any atom is 0.339 e. The molecule has 144 valence electrons. The van der Waals surface area contributed by atoms with E-state index in [9.17, 15) is 13.2 Å². The van der Waals surface area contributed by atoms with Crippen molar-refractivity contribution in [3.8, 4) is 0 Å². The number of carbonyl (C=O) groups is 1. The van der Waals surface area contributed by atoms with Gasteiger partial charge in [0.1, 0.15) is 0 Å². The second-order valence-corrected chi connectivity index (χ2v) is 8.85. The minimum Gasteiger partial charge on any atom is -0.465 e. The third-order valence-corrected chi connectivity index (χ3v) is 6.53. The Kier molecular flexibility index (Phi) is 6.28. The summed E-state index contributed by atoms with van der Waals surface area (Å²) in [4.78, 5) is 13.4. The topological polar surface area (TPSA) is 72.5 Å². The minimum atomic E-state index is -3.94.